The smallest absolute Gasteiger partial charge is 0.243 e. The van der Waals surface area contributed by atoms with Gasteiger partial charge in [-0.2, -0.15) is 0 Å². The van der Waals surface area contributed by atoms with E-state index in [0.717, 1.165) is 21.1 Å². The second-order valence-electron chi connectivity index (χ2n) is 5.86. The molecule has 2 amide bonds. The number of nitrogens with one attached hydrogen (secondary N) is 2. The number of hydrogen-bond donors (Lipinski definition) is 2. The number of benzene rings is 1. The van der Waals surface area contributed by atoms with Crippen LogP contribution in [0.5, 0.6) is 0 Å². The van der Waals surface area contributed by atoms with E-state index in [1.165, 1.54) is 23.5 Å². The largest absolute Gasteiger partial charge is 0.347 e. The van der Waals surface area contributed by atoms with E-state index in [-0.39, 0.29) is 23.7 Å². The monoisotopic (exact) mass is 347 g/mol. The number of amides is 2. The second kappa shape index (κ2) is 6.68. The number of carbonyl (C=O) groups is 2. The van der Waals surface area contributed by atoms with E-state index in [4.69, 9.17) is 0 Å². The van der Waals surface area contributed by atoms with Crippen molar-refractivity contribution in [1.82, 2.24) is 15.6 Å². The van der Waals surface area contributed by atoms with Crippen molar-refractivity contribution in [2.24, 2.45) is 0 Å². The highest BCUT2D eigenvalue weighted by Gasteiger charge is 2.28. The van der Waals surface area contributed by atoms with Crippen molar-refractivity contribution in [2.45, 2.75) is 38.8 Å². The van der Waals surface area contributed by atoms with Crippen LogP contribution in [0.1, 0.15) is 36.4 Å². The molecule has 0 aliphatic carbocycles. The van der Waals surface area contributed by atoms with Crippen LogP contribution in [-0.2, 0) is 9.59 Å². The van der Waals surface area contributed by atoms with Crippen molar-refractivity contribution in [3.8, 4) is 10.6 Å². The minimum absolute atomic E-state index is 0.0876. The molecule has 0 spiro atoms. The molecule has 1 saturated heterocycles. The number of rotatable bonds is 4. The number of aryl methyl sites for hydroxylation is 1. The molecule has 1 aliphatic heterocycles. The summed E-state index contributed by atoms with van der Waals surface area (Å²) in [6, 6.07) is 5.52. The Morgan fingerprint density at radius 2 is 2.12 bits per heavy atom. The molecule has 0 radical (unpaired) electrons. The van der Waals surface area contributed by atoms with Gasteiger partial charge in [-0.15, -0.1) is 11.3 Å². The Hall–Kier alpha value is -2.28. The number of hydrogen-bond acceptors (Lipinski definition) is 4. The Bertz CT molecular complexity index is 773. The maximum Gasteiger partial charge on any atom is 0.243 e. The van der Waals surface area contributed by atoms with Crippen LogP contribution in [0, 0.1) is 12.7 Å². The van der Waals surface area contributed by atoms with Crippen LogP contribution >= 0.6 is 11.3 Å². The minimum Gasteiger partial charge on any atom is -0.347 e. The normalized spacial score (nSPS) is 18.3. The van der Waals surface area contributed by atoms with Crippen molar-refractivity contribution in [3.05, 3.63) is 40.7 Å². The van der Waals surface area contributed by atoms with Gasteiger partial charge in [-0.25, -0.2) is 9.37 Å². The molecule has 0 saturated carbocycles. The number of thiazole rings is 1. The number of aromatic nitrogens is 1. The second-order valence-corrected chi connectivity index (χ2v) is 6.90. The molecular formula is C17H18FN3O2S. The third kappa shape index (κ3) is 3.46. The van der Waals surface area contributed by atoms with Crippen LogP contribution in [-0.4, -0.2) is 22.8 Å². The molecule has 2 N–H and O–H groups in total. The summed E-state index contributed by atoms with van der Waals surface area (Å²) in [5.41, 5.74) is 1.68. The van der Waals surface area contributed by atoms with E-state index in [2.05, 4.69) is 15.6 Å². The van der Waals surface area contributed by atoms with Crippen LogP contribution in [0.25, 0.3) is 10.6 Å². The van der Waals surface area contributed by atoms with E-state index in [1.54, 1.807) is 12.1 Å². The average molecular weight is 347 g/mol. The predicted molar refractivity (Wildman–Crippen MR) is 90.0 cm³/mol. The molecule has 3 rings (SSSR count). The zero-order chi connectivity index (χ0) is 17.3. The highest BCUT2D eigenvalue weighted by Crippen LogP contribution is 2.32. The fourth-order valence-electron chi connectivity index (χ4n) is 2.72. The first-order valence-corrected chi connectivity index (χ1v) is 8.58. The summed E-state index contributed by atoms with van der Waals surface area (Å²) in [6.07, 6.45) is 0.917. The topological polar surface area (TPSA) is 71.1 Å². The van der Waals surface area contributed by atoms with Crippen molar-refractivity contribution in [1.29, 1.82) is 0 Å². The van der Waals surface area contributed by atoms with Gasteiger partial charge in [0, 0.05) is 12.0 Å². The van der Waals surface area contributed by atoms with Crippen molar-refractivity contribution >= 4 is 23.2 Å². The van der Waals surface area contributed by atoms with Gasteiger partial charge in [0.15, 0.2) is 0 Å². The van der Waals surface area contributed by atoms with Crippen LogP contribution in [0.2, 0.25) is 0 Å². The van der Waals surface area contributed by atoms with Gasteiger partial charge in [-0.1, -0.05) is 0 Å². The summed E-state index contributed by atoms with van der Waals surface area (Å²) in [6.45, 7) is 3.78. The highest BCUT2D eigenvalue weighted by atomic mass is 32.1. The lowest BCUT2D eigenvalue weighted by Gasteiger charge is -2.16. The van der Waals surface area contributed by atoms with Crippen molar-refractivity contribution in [2.75, 3.05) is 0 Å². The molecule has 2 heterocycles. The zero-order valence-corrected chi connectivity index (χ0v) is 14.2. The molecule has 2 aromatic rings. The molecule has 0 unspecified atom stereocenters. The Labute approximate surface area is 143 Å². The lowest BCUT2D eigenvalue weighted by atomic mass is 10.2. The number of carbonyl (C=O) groups excluding carboxylic acids is 2. The van der Waals surface area contributed by atoms with Crippen molar-refractivity contribution < 1.29 is 14.0 Å². The van der Waals surface area contributed by atoms with E-state index < -0.39 is 6.04 Å². The minimum atomic E-state index is -0.454. The molecule has 0 bridgehead atoms. The first-order valence-electron chi connectivity index (χ1n) is 7.77. The van der Waals surface area contributed by atoms with E-state index >= 15 is 0 Å². The molecule has 5 nitrogen and oxygen atoms in total. The van der Waals surface area contributed by atoms with E-state index in [9.17, 15) is 14.0 Å². The Kier molecular flexibility index (Phi) is 4.62. The SMILES string of the molecule is Cc1nc(-c2ccc(F)cc2)sc1[C@@H](C)NC(=O)[C@@H]1CCC(=O)N1. The van der Waals surface area contributed by atoms with Gasteiger partial charge in [-0.3, -0.25) is 9.59 Å². The first-order chi connectivity index (χ1) is 11.4. The van der Waals surface area contributed by atoms with Gasteiger partial charge < -0.3 is 10.6 Å². The molecule has 1 fully saturated rings. The molecule has 126 valence electrons. The summed E-state index contributed by atoms with van der Waals surface area (Å²) >= 11 is 1.48. The summed E-state index contributed by atoms with van der Waals surface area (Å²) in [4.78, 5) is 28.9. The lowest BCUT2D eigenvalue weighted by Crippen LogP contribution is -2.42. The molecule has 1 aromatic carbocycles. The van der Waals surface area contributed by atoms with Gasteiger partial charge in [0.2, 0.25) is 11.8 Å². The number of nitrogens with zero attached hydrogens (tertiary/aromatic N) is 1. The van der Waals surface area contributed by atoms with Gasteiger partial charge in [0.1, 0.15) is 16.9 Å². The molecule has 1 aromatic heterocycles. The third-order valence-electron chi connectivity index (χ3n) is 3.99. The third-order valence-corrected chi connectivity index (χ3v) is 5.38. The van der Waals surface area contributed by atoms with Gasteiger partial charge >= 0.3 is 0 Å². The molecule has 7 heteroatoms. The summed E-state index contributed by atoms with van der Waals surface area (Å²) in [5.74, 6) is -0.550. The van der Waals surface area contributed by atoms with Crippen LogP contribution < -0.4 is 10.6 Å². The first kappa shape index (κ1) is 16.6. The van der Waals surface area contributed by atoms with Gasteiger partial charge in [-0.05, 0) is 44.5 Å². The fraction of sp³-hybridized carbons (Fsp3) is 0.353. The highest BCUT2D eigenvalue weighted by molar-refractivity contribution is 7.15. The maximum atomic E-state index is 13.0. The maximum absolute atomic E-state index is 13.0. The summed E-state index contributed by atoms with van der Waals surface area (Å²) in [5, 5.41) is 6.38. The summed E-state index contributed by atoms with van der Waals surface area (Å²) in [7, 11) is 0. The quantitative estimate of drug-likeness (QED) is 0.893. The molecule has 2 atom stereocenters. The van der Waals surface area contributed by atoms with Crippen LogP contribution in [0.15, 0.2) is 24.3 Å². The molecule has 1 aliphatic rings. The average Bonchev–Trinajstić information content (AvgIpc) is 3.14. The summed E-state index contributed by atoms with van der Waals surface area (Å²) < 4.78 is 13.0. The predicted octanol–water partition coefficient (Wildman–Crippen LogP) is 2.71. The fourth-order valence-corrected chi connectivity index (χ4v) is 3.79. The van der Waals surface area contributed by atoms with Gasteiger partial charge in [0.25, 0.3) is 0 Å². The standard InChI is InChI=1S/C17H18FN3O2S/c1-9(19-16(23)13-7-8-14(22)21-13)15-10(2)20-17(24-15)11-3-5-12(18)6-4-11/h3-6,9,13H,7-8H2,1-2H3,(H,19,23)(H,21,22)/t9-,13+/m1/s1. The lowest BCUT2D eigenvalue weighted by molar-refractivity contribution is -0.126. The van der Waals surface area contributed by atoms with Crippen molar-refractivity contribution in [3.63, 3.8) is 0 Å². The Morgan fingerprint density at radius 1 is 1.42 bits per heavy atom. The van der Waals surface area contributed by atoms with Gasteiger partial charge in [0.05, 0.1) is 16.6 Å². The Morgan fingerprint density at radius 3 is 2.75 bits per heavy atom. The number of halogens is 1. The van der Waals surface area contributed by atoms with Crippen LogP contribution in [0.3, 0.4) is 0 Å². The van der Waals surface area contributed by atoms with E-state index in [0.29, 0.717) is 12.8 Å². The van der Waals surface area contributed by atoms with Crippen LogP contribution in [0.4, 0.5) is 4.39 Å². The Balaban J connectivity index is 1.73. The zero-order valence-electron chi connectivity index (χ0n) is 13.4. The van der Waals surface area contributed by atoms with E-state index in [1.807, 2.05) is 13.8 Å². The molecular weight excluding hydrogens is 329 g/mol. The molecule has 24 heavy (non-hydrogen) atoms.